The average Bonchev–Trinajstić information content (AvgIpc) is 2.78. The van der Waals surface area contributed by atoms with Gasteiger partial charge in [-0.15, -0.1) is 0 Å². The van der Waals surface area contributed by atoms with E-state index >= 15 is 0 Å². The summed E-state index contributed by atoms with van der Waals surface area (Å²) < 4.78 is 1.87. The van der Waals surface area contributed by atoms with Crippen molar-refractivity contribution in [3.05, 3.63) is 11.3 Å². The van der Waals surface area contributed by atoms with E-state index in [1.807, 2.05) is 18.7 Å². The lowest BCUT2D eigenvalue weighted by atomic mass is 10.1. The van der Waals surface area contributed by atoms with Gasteiger partial charge in [-0.05, 0) is 33.1 Å². The maximum atomic E-state index is 7.78. The molecule has 1 aromatic heterocycles. The summed E-state index contributed by atoms with van der Waals surface area (Å²) >= 11 is 0. The number of nitrogen functional groups attached to an aromatic ring is 1. The van der Waals surface area contributed by atoms with E-state index in [2.05, 4.69) is 23.8 Å². The summed E-state index contributed by atoms with van der Waals surface area (Å²) in [4.78, 5) is 2.40. The summed E-state index contributed by atoms with van der Waals surface area (Å²) in [6.45, 7) is 6.37. The predicted molar refractivity (Wildman–Crippen MR) is 74.2 cm³/mol. The molecule has 18 heavy (non-hydrogen) atoms. The van der Waals surface area contributed by atoms with E-state index in [-0.39, 0.29) is 5.84 Å². The number of rotatable bonds is 3. The van der Waals surface area contributed by atoms with E-state index in [1.165, 1.54) is 12.8 Å². The van der Waals surface area contributed by atoms with Crippen molar-refractivity contribution in [3.63, 3.8) is 0 Å². The molecule has 0 amide bonds. The number of aryl methyl sites for hydroxylation is 2. The second kappa shape index (κ2) is 4.63. The third-order valence-corrected chi connectivity index (χ3v) is 3.96. The van der Waals surface area contributed by atoms with Crippen LogP contribution in [0.3, 0.4) is 0 Å². The minimum atomic E-state index is 0.115. The molecule has 2 heterocycles. The molecule has 1 aliphatic rings. The minimum Gasteiger partial charge on any atom is -0.384 e. The first-order valence-electron chi connectivity index (χ1n) is 6.63. The lowest BCUT2D eigenvalue weighted by Gasteiger charge is -2.30. The molecule has 1 fully saturated rings. The van der Waals surface area contributed by atoms with Crippen molar-refractivity contribution in [2.45, 2.75) is 52.1 Å². The Kier molecular flexibility index (Phi) is 3.32. The number of anilines is 1. The first-order valence-corrected chi connectivity index (χ1v) is 6.63. The fourth-order valence-electron chi connectivity index (χ4n) is 3.11. The van der Waals surface area contributed by atoms with Crippen molar-refractivity contribution in [2.24, 2.45) is 12.8 Å². The molecule has 1 aromatic rings. The highest BCUT2D eigenvalue weighted by atomic mass is 15.4. The monoisotopic (exact) mass is 249 g/mol. The van der Waals surface area contributed by atoms with Crippen LogP contribution in [-0.2, 0) is 7.05 Å². The molecule has 5 nitrogen and oxygen atoms in total. The summed E-state index contributed by atoms with van der Waals surface area (Å²) in [6.07, 6.45) is 3.52. The van der Waals surface area contributed by atoms with Gasteiger partial charge in [0, 0.05) is 19.1 Å². The van der Waals surface area contributed by atoms with Gasteiger partial charge in [0.15, 0.2) is 0 Å². The van der Waals surface area contributed by atoms with Crippen LogP contribution < -0.4 is 10.6 Å². The molecule has 1 saturated heterocycles. The first kappa shape index (κ1) is 12.9. The predicted octanol–water partition coefficient (Wildman–Crippen LogP) is 1.78. The number of aromatic nitrogens is 2. The van der Waals surface area contributed by atoms with Gasteiger partial charge < -0.3 is 10.6 Å². The topological polar surface area (TPSA) is 70.9 Å². The van der Waals surface area contributed by atoms with Gasteiger partial charge in [0.2, 0.25) is 0 Å². The normalized spacial score (nSPS) is 23.7. The number of nitrogens with zero attached hydrogens (tertiary/aromatic N) is 3. The standard InChI is InChI=1S/C13H23N5/c1-5-10-7-6-8(2)18(10)13-11(12(14)15)9(3)16-17(13)4/h8,10H,5-7H2,1-4H3,(H3,14,15). The van der Waals surface area contributed by atoms with E-state index in [1.54, 1.807) is 0 Å². The van der Waals surface area contributed by atoms with Crippen LogP contribution in [0.2, 0.25) is 0 Å². The van der Waals surface area contributed by atoms with Gasteiger partial charge in [0.1, 0.15) is 11.7 Å². The smallest absolute Gasteiger partial charge is 0.138 e. The second-order valence-corrected chi connectivity index (χ2v) is 5.22. The van der Waals surface area contributed by atoms with Crippen LogP contribution >= 0.6 is 0 Å². The number of nitrogens with one attached hydrogen (secondary N) is 1. The van der Waals surface area contributed by atoms with E-state index in [0.717, 1.165) is 23.5 Å². The molecule has 0 bridgehead atoms. The molecule has 2 unspecified atom stereocenters. The van der Waals surface area contributed by atoms with Gasteiger partial charge in [-0.1, -0.05) is 6.92 Å². The van der Waals surface area contributed by atoms with E-state index in [9.17, 15) is 0 Å². The second-order valence-electron chi connectivity index (χ2n) is 5.22. The van der Waals surface area contributed by atoms with Crippen LogP contribution in [0.25, 0.3) is 0 Å². The third kappa shape index (κ3) is 1.87. The summed E-state index contributed by atoms with van der Waals surface area (Å²) in [5.41, 5.74) is 7.37. The largest absolute Gasteiger partial charge is 0.384 e. The van der Waals surface area contributed by atoms with Crippen LogP contribution in [-0.4, -0.2) is 27.7 Å². The zero-order valence-corrected chi connectivity index (χ0v) is 11.7. The lowest BCUT2D eigenvalue weighted by Crippen LogP contribution is -2.37. The molecule has 0 spiro atoms. The minimum absolute atomic E-state index is 0.115. The molecule has 3 N–H and O–H groups in total. The van der Waals surface area contributed by atoms with Gasteiger partial charge in [-0.25, -0.2) is 0 Å². The van der Waals surface area contributed by atoms with Crippen LogP contribution in [0.15, 0.2) is 0 Å². The van der Waals surface area contributed by atoms with Crippen molar-refractivity contribution in [1.29, 1.82) is 5.41 Å². The Labute approximate surface area is 108 Å². The Hall–Kier alpha value is -1.52. The Morgan fingerprint density at radius 2 is 2.17 bits per heavy atom. The summed E-state index contributed by atoms with van der Waals surface area (Å²) in [7, 11) is 1.94. The molecule has 0 aliphatic carbocycles. The highest BCUT2D eigenvalue weighted by molar-refractivity contribution is 6.01. The van der Waals surface area contributed by atoms with Crippen molar-refractivity contribution < 1.29 is 0 Å². The highest BCUT2D eigenvalue weighted by Gasteiger charge is 2.34. The summed E-state index contributed by atoms with van der Waals surface area (Å²) in [5, 5.41) is 12.2. The number of hydrogen-bond acceptors (Lipinski definition) is 3. The molecule has 2 atom stereocenters. The van der Waals surface area contributed by atoms with Crippen LogP contribution in [0.5, 0.6) is 0 Å². The van der Waals surface area contributed by atoms with Gasteiger partial charge in [-0.3, -0.25) is 10.1 Å². The van der Waals surface area contributed by atoms with Gasteiger partial charge in [0.25, 0.3) is 0 Å². The quantitative estimate of drug-likeness (QED) is 0.633. The molecule has 5 heteroatoms. The molecule has 0 saturated carbocycles. The van der Waals surface area contributed by atoms with Gasteiger partial charge >= 0.3 is 0 Å². The zero-order valence-electron chi connectivity index (χ0n) is 11.7. The van der Waals surface area contributed by atoms with Gasteiger partial charge in [0.05, 0.1) is 11.3 Å². The first-order chi connectivity index (χ1) is 8.47. The Morgan fingerprint density at radius 1 is 1.50 bits per heavy atom. The molecule has 0 radical (unpaired) electrons. The fourth-order valence-corrected chi connectivity index (χ4v) is 3.11. The molecule has 1 aliphatic heterocycles. The Bertz CT molecular complexity index is 462. The number of amidine groups is 1. The number of hydrogen-bond donors (Lipinski definition) is 2. The zero-order chi connectivity index (χ0) is 13.4. The lowest BCUT2D eigenvalue weighted by molar-refractivity contribution is 0.598. The Morgan fingerprint density at radius 3 is 2.72 bits per heavy atom. The van der Waals surface area contributed by atoms with Crippen molar-refractivity contribution in [3.8, 4) is 0 Å². The third-order valence-electron chi connectivity index (χ3n) is 3.96. The summed E-state index contributed by atoms with van der Waals surface area (Å²) in [5.74, 6) is 1.13. The van der Waals surface area contributed by atoms with Crippen molar-refractivity contribution in [2.75, 3.05) is 4.90 Å². The average molecular weight is 249 g/mol. The van der Waals surface area contributed by atoms with Crippen molar-refractivity contribution >= 4 is 11.7 Å². The van der Waals surface area contributed by atoms with Gasteiger partial charge in [-0.2, -0.15) is 5.10 Å². The van der Waals surface area contributed by atoms with Crippen LogP contribution in [0, 0.1) is 12.3 Å². The summed E-state index contributed by atoms with van der Waals surface area (Å²) in [6, 6.07) is 1.02. The van der Waals surface area contributed by atoms with E-state index in [0.29, 0.717) is 12.1 Å². The molecular weight excluding hydrogens is 226 g/mol. The highest BCUT2D eigenvalue weighted by Crippen LogP contribution is 2.34. The van der Waals surface area contributed by atoms with Crippen LogP contribution in [0.1, 0.15) is 44.4 Å². The number of nitrogens with two attached hydrogens (primary N) is 1. The Balaban J connectivity index is 2.52. The van der Waals surface area contributed by atoms with Crippen LogP contribution in [0.4, 0.5) is 5.82 Å². The maximum absolute atomic E-state index is 7.78. The van der Waals surface area contributed by atoms with E-state index in [4.69, 9.17) is 11.1 Å². The van der Waals surface area contributed by atoms with Crippen molar-refractivity contribution in [1.82, 2.24) is 9.78 Å². The maximum Gasteiger partial charge on any atom is 0.138 e. The molecule has 0 aromatic carbocycles. The molecule has 2 rings (SSSR count). The fraction of sp³-hybridized carbons (Fsp3) is 0.692. The molecular formula is C13H23N5. The molecule has 100 valence electrons. The van der Waals surface area contributed by atoms with E-state index < -0.39 is 0 Å². The SMILES string of the molecule is CCC1CCC(C)N1c1c(C(=N)N)c(C)nn1C.